The Labute approximate surface area is 85.5 Å². The molecule has 1 fully saturated rings. The zero-order chi connectivity index (χ0) is 9.73. The fraction of sp³-hybridized carbons (Fsp3) is 1.00. The molecule has 0 bridgehead atoms. The first-order valence-electron chi connectivity index (χ1n) is 5.17. The maximum atomic E-state index is 9.78. The topological polar surface area (TPSA) is 32.3 Å². The molecule has 1 aliphatic heterocycles. The van der Waals surface area contributed by atoms with Gasteiger partial charge in [-0.25, -0.2) is 0 Å². The third-order valence-electron chi connectivity index (χ3n) is 2.69. The number of aliphatic hydroxyl groups is 1. The van der Waals surface area contributed by atoms with Crippen LogP contribution >= 0.6 is 11.8 Å². The van der Waals surface area contributed by atoms with E-state index in [9.17, 15) is 5.11 Å². The largest absolute Gasteiger partial charge is 0.389 e. The van der Waals surface area contributed by atoms with E-state index in [-0.39, 0.29) is 0 Å². The average molecular weight is 203 g/mol. The molecular formula is C10H21NOS. The maximum absolute atomic E-state index is 9.78. The molecule has 2 unspecified atom stereocenters. The second kappa shape index (κ2) is 5.23. The highest BCUT2D eigenvalue weighted by Gasteiger charge is 2.20. The molecule has 0 spiro atoms. The second-order valence-electron chi connectivity index (χ2n) is 4.15. The molecule has 0 radical (unpaired) electrons. The summed E-state index contributed by atoms with van der Waals surface area (Å²) >= 11 is 2.02. The number of nitrogens with one attached hydrogen (secondary N) is 1. The summed E-state index contributed by atoms with van der Waals surface area (Å²) in [6, 6.07) is 0.622. The number of rotatable bonds is 4. The Morgan fingerprint density at radius 3 is 2.92 bits per heavy atom. The quantitative estimate of drug-likeness (QED) is 0.728. The van der Waals surface area contributed by atoms with Crippen LogP contribution in [0.25, 0.3) is 0 Å². The molecule has 0 aromatic carbocycles. The molecule has 2 N–H and O–H groups in total. The van der Waals surface area contributed by atoms with Crippen LogP contribution in [0.4, 0.5) is 0 Å². The zero-order valence-electron chi connectivity index (χ0n) is 8.68. The van der Waals surface area contributed by atoms with Gasteiger partial charge in [0.2, 0.25) is 0 Å². The fourth-order valence-electron chi connectivity index (χ4n) is 1.39. The molecule has 0 aliphatic carbocycles. The summed E-state index contributed by atoms with van der Waals surface area (Å²) in [6.07, 6.45) is 3.41. The molecule has 1 heterocycles. The van der Waals surface area contributed by atoms with Crippen molar-refractivity contribution in [3.05, 3.63) is 0 Å². The summed E-state index contributed by atoms with van der Waals surface area (Å²) in [6.45, 7) is 4.65. The molecule has 0 amide bonds. The first-order valence-corrected chi connectivity index (χ1v) is 6.33. The smallest absolute Gasteiger partial charge is 0.0741 e. The Bertz CT molecular complexity index is 144. The van der Waals surface area contributed by atoms with E-state index < -0.39 is 5.60 Å². The molecule has 78 valence electrons. The van der Waals surface area contributed by atoms with Gasteiger partial charge in [-0.3, -0.25) is 0 Å². The van der Waals surface area contributed by atoms with Crippen molar-refractivity contribution < 1.29 is 5.11 Å². The maximum Gasteiger partial charge on any atom is 0.0741 e. The van der Waals surface area contributed by atoms with E-state index in [2.05, 4.69) is 5.32 Å². The Hall–Kier alpha value is 0.270. The van der Waals surface area contributed by atoms with Crippen LogP contribution in [0.2, 0.25) is 0 Å². The number of hydrogen-bond donors (Lipinski definition) is 2. The third-order valence-corrected chi connectivity index (χ3v) is 3.91. The van der Waals surface area contributed by atoms with Crippen LogP contribution in [0.1, 0.15) is 33.1 Å². The first kappa shape index (κ1) is 11.3. The van der Waals surface area contributed by atoms with E-state index >= 15 is 0 Å². The van der Waals surface area contributed by atoms with Gasteiger partial charge < -0.3 is 10.4 Å². The van der Waals surface area contributed by atoms with Crippen LogP contribution in [-0.4, -0.2) is 34.8 Å². The minimum Gasteiger partial charge on any atom is -0.389 e. The van der Waals surface area contributed by atoms with E-state index in [1.165, 1.54) is 24.3 Å². The Kier molecular flexibility index (Phi) is 4.56. The zero-order valence-corrected chi connectivity index (χ0v) is 9.49. The molecule has 1 saturated heterocycles. The van der Waals surface area contributed by atoms with Crippen LogP contribution in [0.5, 0.6) is 0 Å². The van der Waals surface area contributed by atoms with Gasteiger partial charge in [0.15, 0.2) is 0 Å². The van der Waals surface area contributed by atoms with Gasteiger partial charge in [0, 0.05) is 18.3 Å². The summed E-state index contributed by atoms with van der Waals surface area (Å²) in [7, 11) is 0. The third kappa shape index (κ3) is 4.34. The highest BCUT2D eigenvalue weighted by Crippen LogP contribution is 2.17. The Morgan fingerprint density at radius 2 is 2.38 bits per heavy atom. The molecule has 0 aromatic heterocycles. The lowest BCUT2D eigenvalue weighted by atomic mass is 10.0. The molecule has 2 nitrogen and oxygen atoms in total. The lowest BCUT2D eigenvalue weighted by Gasteiger charge is -2.28. The van der Waals surface area contributed by atoms with E-state index in [1.54, 1.807) is 0 Å². The predicted octanol–water partition coefficient (Wildman–Crippen LogP) is 1.63. The van der Waals surface area contributed by atoms with Gasteiger partial charge in [-0.05, 0) is 31.9 Å². The second-order valence-corrected chi connectivity index (χ2v) is 5.30. The number of hydrogen-bond acceptors (Lipinski definition) is 3. The van der Waals surface area contributed by atoms with Crippen molar-refractivity contribution in [3.63, 3.8) is 0 Å². The normalized spacial score (nSPS) is 28.4. The molecule has 2 atom stereocenters. The van der Waals surface area contributed by atoms with E-state index in [0.29, 0.717) is 6.04 Å². The number of thioether (sulfide) groups is 1. The van der Waals surface area contributed by atoms with Gasteiger partial charge in [-0.1, -0.05) is 6.92 Å². The minimum absolute atomic E-state index is 0.526. The lowest BCUT2D eigenvalue weighted by Crippen LogP contribution is -2.44. The van der Waals surface area contributed by atoms with Crippen molar-refractivity contribution in [2.45, 2.75) is 44.8 Å². The van der Waals surface area contributed by atoms with Gasteiger partial charge in [-0.2, -0.15) is 11.8 Å². The molecule has 0 saturated carbocycles. The SMILES string of the molecule is CCC(C)(O)CNC1CCCSC1. The van der Waals surface area contributed by atoms with Crippen molar-refractivity contribution in [1.82, 2.24) is 5.32 Å². The summed E-state index contributed by atoms with van der Waals surface area (Å²) in [5.74, 6) is 2.52. The van der Waals surface area contributed by atoms with Gasteiger partial charge in [0.05, 0.1) is 5.60 Å². The monoisotopic (exact) mass is 203 g/mol. The van der Waals surface area contributed by atoms with Crippen molar-refractivity contribution in [3.8, 4) is 0 Å². The van der Waals surface area contributed by atoms with Crippen molar-refractivity contribution in [1.29, 1.82) is 0 Å². The van der Waals surface area contributed by atoms with Gasteiger partial charge in [-0.15, -0.1) is 0 Å². The van der Waals surface area contributed by atoms with E-state index in [0.717, 1.165) is 13.0 Å². The van der Waals surface area contributed by atoms with Crippen molar-refractivity contribution >= 4 is 11.8 Å². The highest BCUT2D eigenvalue weighted by molar-refractivity contribution is 7.99. The Morgan fingerprint density at radius 1 is 1.62 bits per heavy atom. The molecule has 0 aromatic rings. The van der Waals surface area contributed by atoms with Gasteiger partial charge >= 0.3 is 0 Å². The van der Waals surface area contributed by atoms with Crippen LogP contribution in [0, 0.1) is 0 Å². The molecule has 3 heteroatoms. The summed E-state index contributed by atoms with van der Waals surface area (Å²) < 4.78 is 0. The average Bonchev–Trinajstić information content (AvgIpc) is 2.17. The lowest BCUT2D eigenvalue weighted by molar-refractivity contribution is 0.0531. The molecule has 13 heavy (non-hydrogen) atoms. The molecule has 1 rings (SSSR count). The first-order chi connectivity index (χ1) is 6.14. The highest BCUT2D eigenvalue weighted by atomic mass is 32.2. The van der Waals surface area contributed by atoms with Crippen molar-refractivity contribution in [2.75, 3.05) is 18.1 Å². The van der Waals surface area contributed by atoms with Crippen LogP contribution in [0.3, 0.4) is 0 Å². The van der Waals surface area contributed by atoms with Crippen LogP contribution < -0.4 is 5.32 Å². The van der Waals surface area contributed by atoms with Crippen molar-refractivity contribution in [2.24, 2.45) is 0 Å². The minimum atomic E-state index is -0.526. The molecular weight excluding hydrogens is 182 g/mol. The van der Waals surface area contributed by atoms with E-state index in [4.69, 9.17) is 0 Å². The van der Waals surface area contributed by atoms with Crippen LogP contribution in [0.15, 0.2) is 0 Å². The Balaban J connectivity index is 2.17. The molecule has 1 aliphatic rings. The summed E-state index contributed by atoms with van der Waals surface area (Å²) in [5.41, 5.74) is -0.526. The standard InChI is InChI=1S/C10H21NOS/c1-3-10(2,12)8-11-9-5-4-6-13-7-9/h9,11-12H,3-8H2,1-2H3. The fourth-order valence-corrected chi connectivity index (χ4v) is 2.50. The summed E-state index contributed by atoms with van der Waals surface area (Å²) in [5, 5.41) is 13.2. The van der Waals surface area contributed by atoms with Gasteiger partial charge in [0.25, 0.3) is 0 Å². The predicted molar refractivity (Wildman–Crippen MR) is 59.3 cm³/mol. The summed E-state index contributed by atoms with van der Waals surface area (Å²) in [4.78, 5) is 0. The van der Waals surface area contributed by atoms with E-state index in [1.807, 2.05) is 25.6 Å². The van der Waals surface area contributed by atoms with Crippen LogP contribution in [-0.2, 0) is 0 Å². The van der Waals surface area contributed by atoms with Gasteiger partial charge in [0.1, 0.15) is 0 Å².